The van der Waals surface area contributed by atoms with Crippen molar-refractivity contribution < 1.29 is 19.4 Å². The van der Waals surface area contributed by atoms with Crippen LogP contribution in [0.5, 0.6) is 0 Å². The van der Waals surface area contributed by atoms with Crippen LogP contribution in [0.25, 0.3) is 11.1 Å². The van der Waals surface area contributed by atoms with Gasteiger partial charge in [0, 0.05) is 18.7 Å². The molecule has 0 aliphatic heterocycles. The average Bonchev–Trinajstić information content (AvgIpc) is 2.94. The molecule has 1 amide bonds. The summed E-state index contributed by atoms with van der Waals surface area (Å²) in [5.41, 5.74) is 4.52. The molecular weight excluding hydrogens is 338 g/mol. The van der Waals surface area contributed by atoms with Gasteiger partial charge >= 0.3 is 12.1 Å². The Kier molecular flexibility index (Phi) is 4.99. The zero-order chi connectivity index (χ0) is 18.0. The van der Waals surface area contributed by atoms with Gasteiger partial charge in [0.15, 0.2) is 0 Å². The Morgan fingerprint density at radius 2 is 1.64 bits per heavy atom. The van der Waals surface area contributed by atoms with Gasteiger partial charge in [-0.3, -0.25) is 4.90 Å². The maximum atomic E-state index is 12.2. The van der Waals surface area contributed by atoms with Crippen molar-refractivity contribution in [2.24, 2.45) is 0 Å². The predicted octanol–water partition coefficient (Wildman–Crippen LogP) is 3.25. The number of aliphatic carboxylic acids is 1. The molecule has 0 saturated heterocycles. The lowest BCUT2D eigenvalue weighted by Crippen LogP contribution is -2.44. The van der Waals surface area contributed by atoms with Gasteiger partial charge in [-0.25, -0.2) is 9.59 Å². The number of carbonyl (C=O) groups is 2. The van der Waals surface area contributed by atoms with Crippen molar-refractivity contribution in [1.29, 1.82) is 0 Å². The molecule has 1 N–H and O–H groups in total. The van der Waals surface area contributed by atoms with Gasteiger partial charge in [-0.15, -0.1) is 0 Å². The van der Waals surface area contributed by atoms with Crippen LogP contribution >= 0.6 is 12.6 Å². The zero-order valence-electron chi connectivity index (χ0n) is 13.8. The number of hydrogen-bond acceptors (Lipinski definition) is 4. The Hall–Kier alpha value is -2.47. The highest BCUT2D eigenvalue weighted by Gasteiger charge is 2.31. The highest BCUT2D eigenvalue weighted by atomic mass is 32.1. The second kappa shape index (κ2) is 7.19. The Morgan fingerprint density at radius 1 is 1.12 bits per heavy atom. The van der Waals surface area contributed by atoms with Gasteiger partial charge in [-0.2, -0.15) is 12.6 Å². The molecule has 6 heteroatoms. The van der Waals surface area contributed by atoms with Crippen molar-refractivity contribution in [3.8, 4) is 11.1 Å². The second-order valence-corrected chi connectivity index (χ2v) is 6.32. The molecule has 0 fully saturated rings. The number of ether oxygens (including phenoxy) is 1. The predicted molar refractivity (Wildman–Crippen MR) is 98.1 cm³/mol. The number of fused-ring (bicyclic) bond motifs is 3. The van der Waals surface area contributed by atoms with Crippen LogP contribution in [0.3, 0.4) is 0 Å². The van der Waals surface area contributed by atoms with E-state index in [0.717, 1.165) is 27.2 Å². The molecule has 130 valence electrons. The number of hydrogen-bond donors (Lipinski definition) is 2. The van der Waals surface area contributed by atoms with Crippen molar-refractivity contribution >= 4 is 24.7 Å². The Morgan fingerprint density at radius 3 is 2.12 bits per heavy atom. The minimum absolute atomic E-state index is 0.0238. The van der Waals surface area contributed by atoms with Gasteiger partial charge in [0.05, 0.1) is 0 Å². The highest BCUT2D eigenvalue weighted by molar-refractivity contribution is 7.80. The van der Waals surface area contributed by atoms with Gasteiger partial charge < -0.3 is 9.84 Å². The third kappa shape index (κ3) is 3.22. The highest BCUT2D eigenvalue weighted by Crippen LogP contribution is 2.44. The van der Waals surface area contributed by atoms with Crippen LogP contribution in [0.1, 0.15) is 17.0 Å². The van der Waals surface area contributed by atoms with Crippen LogP contribution in [0.2, 0.25) is 0 Å². The van der Waals surface area contributed by atoms with E-state index in [0.29, 0.717) is 0 Å². The number of rotatable bonds is 5. The van der Waals surface area contributed by atoms with Gasteiger partial charge in [0.25, 0.3) is 0 Å². The SMILES string of the molecule is CN(C(=O)OCC1c2ccccc2-c2ccccc21)[C@H](CS)C(=O)O. The molecule has 0 unspecified atom stereocenters. The molecule has 0 bridgehead atoms. The Balaban J connectivity index is 1.78. The van der Waals surface area contributed by atoms with E-state index < -0.39 is 18.1 Å². The molecule has 5 nitrogen and oxygen atoms in total. The fourth-order valence-electron chi connectivity index (χ4n) is 3.19. The summed E-state index contributed by atoms with van der Waals surface area (Å²) in [7, 11) is 1.41. The van der Waals surface area contributed by atoms with Crippen LogP contribution in [-0.2, 0) is 9.53 Å². The van der Waals surface area contributed by atoms with E-state index in [1.54, 1.807) is 0 Å². The summed E-state index contributed by atoms with van der Waals surface area (Å²) in [4.78, 5) is 24.5. The average molecular weight is 357 g/mol. The first kappa shape index (κ1) is 17.4. The van der Waals surface area contributed by atoms with Crippen LogP contribution in [-0.4, -0.2) is 47.5 Å². The molecule has 1 aliphatic rings. The van der Waals surface area contributed by atoms with Crippen molar-refractivity contribution in [3.05, 3.63) is 59.7 Å². The van der Waals surface area contributed by atoms with Crippen molar-refractivity contribution in [2.75, 3.05) is 19.4 Å². The fourth-order valence-corrected chi connectivity index (χ4v) is 3.59. The van der Waals surface area contributed by atoms with Gasteiger partial charge in [-0.1, -0.05) is 48.5 Å². The first-order valence-corrected chi connectivity index (χ1v) is 8.59. The fraction of sp³-hybridized carbons (Fsp3) is 0.263. The standard InChI is InChI=1S/C19H19NO4S/c1-20(17(11-25)18(21)22)19(23)24-10-16-14-8-4-2-6-12(14)13-7-3-5-9-15(13)16/h2-9,16-17,25H,10-11H2,1H3,(H,21,22)/t17-/m1/s1. The lowest BCUT2D eigenvalue weighted by Gasteiger charge is -2.24. The van der Waals surface area contributed by atoms with Crippen LogP contribution in [0.15, 0.2) is 48.5 Å². The normalized spacial score (nSPS) is 13.7. The zero-order valence-corrected chi connectivity index (χ0v) is 14.6. The molecular formula is C19H19NO4S. The lowest BCUT2D eigenvalue weighted by atomic mass is 9.98. The van der Waals surface area contributed by atoms with E-state index in [4.69, 9.17) is 9.84 Å². The molecule has 0 heterocycles. The minimum atomic E-state index is -1.11. The molecule has 25 heavy (non-hydrogen) atoms. The Bertz CT molecular complexity index is 762. The maximum absolute atomic E-state index is 12.2. The van der Waals surface area contributed by atoms with Gasteiger partial charge in [-0.05, 0) is 22.3 Å². The van der Waals surface area contributed by atoms with Crippen LogP contribution in [0, 0.1) is 0 Å². The van der Waals surface area contributed by atoms with Gasteiger partial charge in [0.1, 0.15) is 12.6 Å². The lowest BCUT2D eigenvalue weighted by molar-refractivity contribution is -0.141. The number of nitrogens with zero attached hydrogens (tertiary/aromatic N) is 1. The third-order valence-corrected chi connectivity index (χ3v) is 4.90. The molecule has 0 spiro atoms. The van der Waals surface area contributed by atoms with Crippen LogP contribution < -0.4 is 0 Å². The smallest absolute Gasteiger partial charge is 0.410 e. The first-order valence-electron chi connectivity index (χ1n) is 7.96. The Labute approximate surface area is 151 Å². The van der Waals surface area contributed by atoms with E-state index in [9.17, 15) is 9.59 Å². The molecule has 3 rings (SSSR count). The number of amides is 1. The largest absolute Gasteiger partial charge is 0.480 e. The minimum Gasteiger partial charge on any atom is -0.480 e. The molecule has 2 aromatic carbocycles. The maximum Gasteiger partial charge on any atom is 0.410 e. The van der Waals surface area contributed by atoms with Crippen LogP contribution in [0.4, 0.5) is 4.79 Å². The van der Waals surface area contributed by atoms with E-state index >= 15 is 0 Å². The van der Waals surface area contributed by atoms with E-state index in [1.807, 2.05) is 36.4 Å². The van der Waals surface area contributed by atoms with E-state index in [1.165, 1.54) is 7.05 Å². The quantitative estimate of drug-likeness (QED) is 0.806. The molecule has 1 atom stereocenters. The topological polar surface area (TPSA) is 66.8 Å². The summed E-state index contributed by atoms with van der Waals surface area (Å²) < 4.78 is 5.42. The number of likely N-dealkylation sites (N-methyl/N-ethyl adjacent to an activating group) is 1. The summed E-state index contributed by atoms with van der Waals surface area (Å²) in [6.45, 7) is 0.163. The molecule has 0 aromatic heterocycles. The second-order valence-electron chi connectivity index (χ2n) is 5.95. The molecule has 2 aromatic rings. The van der Waals surface area contributed by atoms with Gasteiger partial charge in [0.2, 0.25) is 0 Å². The summed E-state index contributed by atoms with van der Waals surface area (Å²) in [6.07, 6.45) is -0.664. The van der Waals surface area contributed by atoms with E-state index in [2.05, 4.69) is 24.8 Å². The van der Waals surface area contributed by atoms with E-state index in [-0.39, 0.29) is 18.3 Å². The third-order valence-electron chi connectivity index (χ3n) is 4.55. The summed E-state index contributed by atoms with van der Waals surface area (Å²) in [5, 5.41) is 9.13. The number of carbonyl (C=O) groups excluding carboxylic acids is 1. The van der Waals surface area contributed by atoms with Crippen molar-refractivity contribution in [3.63, 3.8) is 0 Å². The number of carboxylic acid groups (broad SMARTS) is 1. The monoisotopic (exact) mass is 357 g/mol. The number of thiol groups is 1. The summed E-state index contributed by atoms with van der Waals surface area (Å²) >= 11 is 3.99. The summed E-state index contributed by atoms with van der Waals surface area (Å²) in [6, 6.07) is 15.1. The molecule has 1 aliphatic carbocycles. The van der Waals surface area contributed by atoms with Crippen molar-refractivity contribution in [2.45, 2.75) is 12.0 Å². The summed E-state index contributed by atoms with van der Waals surface area (Å²) in [5.74, 6) is -1.13. The van der Waals surface area contributed by atoms with Crippen molar-refractivity contribution in [1.82, 2.24) is 4.90 Å². The number of benzene rings is 2. The first-order chi connectivity index (χ1) is 12.0. The number of carboxylic acids is 1. The molecule has 0 radical (unpaired) electrons. The molecule has 0 saturated carbocycles.